The lowest BCUT2D eigenvalue weighted by Gasteiger charge is -2.30. The number of likely N-dealkylation sites (tertiary alicyclic amines) is 1. The molecule has 0 unspecified atom stereocenters. The summed E-state index contributed by atoms with van der Waals surface area (Å²) >= 11 is 0. The second kappa shape index (κ2) is 8.36. The second-order valence-electron chi connectivity index (χ2n) is 6.33. The molecule has 6 nitrogen and oxygen atoms in total. The number of hydrogen-bond acceptors (Lipinski definition) is 3. The van der Waals surface area contributed by atoms with Crippen molar-refractivity contribution < 1.29 is 9.59 Å². The van der Waals surface area contributed by atoms with Gasteiger partial charge in [-0.15, -0.1) is 0 Å². The van der Waals surface area contributed by atoms with E-state index >= 15 is 0 Å². The minimum Gasteiger partial charge on any atom is -0.341 e. The summed E-state index contributed by atoms with van der Waals surface area (Å²) in [4.78, 5) is 30.8. The van der Waals surface area contributed by atoms with Crippen molar-refractivity contribution in [1.29, 1.82) is 0 Å². The number of amides is 3. The molecule has 1 N–H and O–H groups in total. The molecule has 0 saturated carbocycles. The smallest absolute Gasteiger partial charge is 0.318 e. The minimum atomic E-state index is -0.434. The third-order valence-corrected chi connectivity index (χ3v) is 4.70. The molecule has 0 aromatic heterocycles. The first kappa shape index (κ1) is 17.1. The van der Waals surface area contributed by atoms with Crippen molar-refractivity contribution in [3.05, 3.63) is 0 Å². The summed E-state index contributed by atoms with van der Waals surface area (Å²) in [5.41, 5.74) is 0. The summed E-state index contributed by atoms with van der Waals surface area (Å²) in [7, 11) is 0. The SMILES string of the molecule is CCN1CCCN(C(=O)N[C@@H](C)C(=O)N2CCCCC2)CC1. The first-order valence-electron chi connectivity index (χ1n) is 8.68. The van der Waals surface area contributed by atoms with E-state index < -0.39 is 6.04 Å². The number of carbonyl (C=O) groups is 2. The molecule has 2 rings (SSSR count). The monoisotopic (exact) mass is 310 g/mol. The van der Waals surface area contributed by atoms with Gasteiger partial charge in [-0.05, 0) is 45.7 Å². The highest BCUT2D eigenvalue weighted by Crippen LogP contribution is 2.10. The number of rotatable bonds is 3. The third kappa shape index (κ3) is 4.60. The van der Waals surface area contributed by atoms with Crippen LogP contribution in [0.1, 0.15) is 39.5 Å². The molecule has 0 spiro atoms. The Balaban J connectivity index is 1.81. The lowest BCUT2D eigenvalue weighted by Crippen LogP contribution is -2.52. The van der Waals surface area contributed by atoms with E-state index in [9.17, 15) is 9.59 Å². The van der Waals surface area contributed by atoms with Gasteiger partial charge in [-0.1, -0.05) is 6.92 Å². The molecule has 2 aliphatic rings. The van der Waals surface area contributed by atoms with Gasteiger partial charge in [0.15, 0.2) is 0 Å². The van der Waals surface area contributed by atoms with E-state index in [-0.39, 0.29) is 11.9 Å². The first-order valence-corrected chi connectivity index (χ1v) is 8.68. The molecule has 0 bridgehead atoms. The Morgan fingerprint density at radius 3 is 2.27 bits per heavy atom. The molecule has 22 heavy (non-hydrogen) atoms. The van der Waals surface area contributed by atoms with Crippen LogP contribution in [0.25, 0.3) is 0 Å². The van der Waals surface area contributed by atoms with Gasteiger partial charge in [-0.3, -0.25) is 4.79 Å². The van der Waals surface area contributed by atoms with Gasteiger partial charge < -0.3 is 20.0 Å². The molecule has 2 heterocycles. The average Bonchev–Trinajstić information content (AvgIpc) is 2.80. The maximum absolute atomic E-state index is 12.4. The zero-order valence-corrected chi connectivity index (χ0v) is 14.0. The molecular weight excluding hydrogens is 280 g/mol. The maximum atomic E-state index is 12.4. The number of hydrogen-bond donors (Lipinski definition) is 1. The Kier molecular flexibility index (Phi) is 6.49. The van der Waals surface area contributed by atoms with Crippen LogP contribution in [0.2, 0.25) is 0 Å². The van der Waals surface area contributed by atoms with Crippen molar-refractivity contribution in [1.82, 2.24) is 20.0 Å². The van der Waals surface area contributed by atoms with Crippen LogP contribution in [0.4, 0.5) is 4.79 Å². The lowest BCUT2D eigenvalue weighted by molar-refractivity contribution is -0.133. The number of nitrogens with zero attached hydrogens (tertiary/aromatic N) is 3. The van der Waals surface area contributed by atoms with Crippen LogP contribution in [-0.2, 0) is 4.79 Å². The Labute approximate surface area is 133 Å². The Bertz CT molecular complexity index is 382. The third-order valence-electron chi connectivity index (χ3n) is 4.70. The number of piperidine rings is 1. The molecule has 0 radical (unpaired) electrons. The van der Waals surface area contributed by atoms with E-state index in [1.54, 1.807) is 6.92 Å². The average molecular weight is 310 g/mol. The van der Waals surface area contributed by atoms with Crippen molar-refractivity contribution in [3.63, 3.8) is 0 Å². The molecular formula is C16H30N4O2. The summed E-state index contributed by atoms with van der Waals surface area (Å²) < 4.78 is 0. The summed E-state index contributed by atoms with van der Waals surface area (Å²) in [5, 5.41) is 2.88. The predicted molar refractivity (Wildman–Crippen MR) is 86.7 cm³/mol. The van der Waals surface area contributed by atoms with Crippen molar-refractivity contribution in [2.45, 2.75) is 45.6 Å². The maximum Gasteiger partial charge on any atom is 0.318 e. The molecule has 2 saturated heterocycles. The fourth-order valence-electron chi connectivity index (χ4n) is 3.22. The van der Waals surface area contributed by atoms with Gasteiger partial charge in [0, 0.05) is 32.7 Å². The Hall–Kier alpha value is -1.30. The Morgan fingerprint density at radius 1 is 0.909 bits per heavy atom. The molecule has 2 fully saturated rings. The van der Waals surface area contributed by atoms with E-state index in [4.69, 9.17) is 0 Å². The quantitative estimate of drug-likeness (QED) is 0.850. The highest BCUT2D eigenvalue weighted by molar-refractivity contribution is 5.86. The number of carbonyl (C=O) groups excluding carboxylic acids is 2. The van der Waals surface area contributed by atoms with Crippen LogP contribution in [0.5, 0.6) is 0 Å². The van der Waals surface area contributed by atoms with Crippen molar-refractivity contribution in [2.24, 2.45) is 0 Å². The minimum absolute atomic E-state index is 0.0538. The summed E-state index contributed by atoms with van der Waals surface area (Å²) in [6.07, 6.45) is 4.35. The molecule has 3 amide bonds. The van der Waals surface area contributed by atoms with Crippen LogP contribution in [0.3, 0.4) is 0 Å². The zero-order valence-electron chi connectivity index (χ0n) is 14.0. The summed E-state index contributed by atoms with van der Waals surface area (Å²) in [6, 6.07) is -0.535. The number of nitrogens with one attached hydrogen (secondary N) is 1. The van der Waals surface area contributed by atoms with Crippen molar-refractivity contribution in [2.75, 3.05) is 45.8 Å². The largest absolute Gasteiger partial charge is 0.341 e. The predicted octanol–water partition coefficient (Wildman–Crippen LogP) is 1.12. The van der Waals surface area contributed by atoms with E-state index in [1.165, 1.54) is 6.42 Å². The van der Waals surface area contributed by atoms with Crippen LogP contribution in [0, 0.1) is 0 Å². The van der Waals surface area contributed by atoms with Gasteiger partial charge >= 0.3 is 6.03 Å². The highest BCUT2D eigenvalue weighted by atomic mass is 16.2. The summed E-state index contributed by atoms with van der Waals surface area (Å²) in [5.74, 6) is 0.0538. The van der Waals surface area contributed by atoms with Crippen LogP contribution >= 0.6 is 0 Å². The standard InChI is InChI=1S/C16H30N4O2/c1-3-18-8-7-11-20(13-12-18)16(22)17-14(2)15(21)19-9-5-4-6-10-19/h14H,3-13H2,1-2H3,(H,17,22)/t14-/m0/s1. The van der Waals surface area contributed by atoms with Gasteiger partial charge in [0.1, 0.15) is 6.04 Å². The topological polar surface area (TPSA) is 55.9 Å². The molecule has 6 heteroatoms. The van der Waals surface area contributed by atoms with E-state index in [0.29, 0.717) is 0 Å². The molecule has 2 aliphatic heterocycles. The van der Waals surface area contributed by atoms with Crippen molar-refractivity contribution in [3.8, 4) is 0 Å². The number of urea groups is 1. The highest BCUT2D eigenvalue weighted by Gasteiger charge is 2.25. The normalized spacial score (nSPS) is 22.1. The second-order valence-corrected chi connectivity index (χ2v) is 6.33. The summed E-state index contributed by atoms with van der Waals surface area (Å²) in [6.45, 7) is 10.1. The van der Waals surface area contributed by atoms with Crippen molar-refractivity contribution >= 4 is 11.9 Å². The van der Waals surface area contributed by atoms with Gasteiger partial charge in [0.05, 0.1) is 0 Å². The molecule has 0 aromatic carbocycles. The lowest BCUT2D eigenvalue weighted by atomic mass is 10.1. The molecule has 0 aliphatic carbocycles. The first-order chi connectivity index (χ1) is 10.6. The van der Waals surface area contributed by atoms with E-state index in [1.807, 2.05) is 9.80 Å². The fourth-order valence-corrected chi connectivity index (χ4v) is 3.22. The number of likely N-dealkylation sites (N-methyl/N-ethyl adjacent to an activating group) is 1. The van der Waals surface area contributed by atoms with E-state index in [0.717, 1.165) is 65.1 Å². The van der Waals surface area contributed by atoms with Crippen LogP contribution < -0.4 is 5.32 Å². The zero-order chi connectivity index (χ0) is 15.9. The van der Waals surface area contributed by atoms with Gasteiger partial charge in [0.25, 0.3) is 0 Å². The molecule has 0 aromatic rings. The Morgan fingerprint density at radius 2 is 1.59 bits per heavy atom. The van der Waals surface area contributed by atoms with Gasteiger partial charge in [0.2, 0.25) is 5.91 Å². The fraction of sp³-hybridized carbons (Fsp3) is 0.875. The molecule has 126 valence electrons. The van der Waals surface area contributed by atoms with E-state index in [2.05, 4.69) is 17.1 Å². The van der Waals surface area contributed by atoms with Gasteiger partial charge in [-0.25, -0.2) is 4.79 Å². The molecule has 1 atom stereocenters. The van der Waals surface area contributed by atoms with Gasteiger partial charge in [-0.2, -0.15) is 0 Å². The van der Waals surface area contributed by atoms with Crippen LogP contribution in [-0.4, -0.2) is 78.5 Å². The van der Waals surface area contributed by atoms with Crippen LogP contribution in [0.15, 0.2) is 0 Å².